The molecule has 0 N–H and O–H groups in total. The first kappa shape index (κ1) is 19.5. The number of aliphatic imine (C=N–C) groups is 1. The Morgan fingerprint density at radius 1 is 1.30 bits per heavy atom. The van der Waals surface area contributed by atoms with Crippen molar-refractivity contribution in [1.82, 2.24) is 0 Å². The second kappa shape index (κ2) is 8.19. The molecule has 1 heterocycles. The molecule has 0 bridgehead atoms. The number of carbonyl (C=O) groups is 1. The Morgan fingerprint density at radius 2 is 2.00 bits per heavy atom. The van der Waals surface area contributed by atoms with Crippen LogP contribution < -0.4 is 4.74 Å². The van der Waals surface area contributed by atoms with Crippen molar-refractivity contribution in [3.63, 3.8) is 0 Å². The number of hydrogen-bond acceptors (Lipinski definition) is 4. The van der Waals surface area contributed by atoms with Crippen molar-refractivity contribution in [2.24, 2.45) is 4.99 Å². The van der Waals surface area contributed by atoms with Crippen LogP contribution in [0.2, 0.25) is 0 Å². The first-order valence-corrected chi connectivity index (χ1v) is 9.47. The summed E-state index contributed by atoms with van der Waals surface area (Å²) in [6, 6.07) is 9.32. The van der Waals surface area contributed by atoms with E-state index in [9.17, 15) is 9.18 Å². The molecule has 2 aromatic carbocycles. The normalized spacial score (nSPS) is 14.9. The first-order valence-electron chi connectivity index (χ1n) is 7.88. The largest absolute Gasteiger partial charge is 0.487 e. The Labute approximate surface area is 172 Å². The zero-order valence-electron chi connectivity index (χ0n) is 14.3. The van der Waals surface area contributed by atoms with Gasteiger partial charge in [-0.05, 0) is 86.3 Å². The lowest BCUT2D eigenvalue weighted by molar-refractivity contribution is -0.129. The highest BCUT2D eigenvalue weighted by Crippen LogP contribution is 2.36. The number of halogens is 3. The molecule has 0 fully saturated rings. The first-order chi connectivity index (χ1) is 12.8. The van der Waals surface area contributed by atoms with E-state index in [4.69, 9.17) is 9.47 Å². The minimum atomic E-state index is -0.593. The highest BCUT2D eigenvalue weighted by Gasteiger charge is 2.24. The molecule has 138 valence electrons. The second-order valence-corrected chi connectivity index (χ2v) is 7.61. The summed E-state index contributed by atoms with van der Waals surface area (Å²) in [4.78, 5) is 16.3. The number of benzene rings is 2. The summed E-state index contributed by atoms with van der Waals surface area (Å²) in [6.45, 7) is 6.08. The molecule has 3 rings (SSSR count). The molecule has 0 aliphatic carbocycles. The summed E-state index contributed by atoms with van der Waals surface area (Å²) in [5, 5.41) is 0. The summed E-state index contributed by atoms with van der Waals surface area (Å²) in [5.74, 6) is -0.311. The van der Waals surface area contributed by atoms with Gasteiger partial charge in [-0.25, -0.2) is 14.2 Å². The van der Waals surface area contributed by atoms with Crippen molar-refractivity contribution in [3.05, 3.63) is 80.1 Å². The molecule has 0 amide bonds. The van der Waals surface area contributed by atoms with Gasteiger partial charge in [0.15, 0.2) is 5.70 Å². The molecule has 0 saturated heterocycles. The molecule has 7 heteroatoms. The van der Waals surface area contributed by atoms with E-state index in [0.29, 0.717) is 32.4 Å². The summed E-state index contributed by atoms with van der Waals surface area (Å²) >= 11 is 6.92. The highest BCUT2D eigenvalue weighted by atomic mass is 79.9. The maximum absolute atomic E-state index is 13.4. The second-order valence-electron chi connectivity index (χ2n) is 5.91. The number of hydrogen-bond donors (Lipinski definition) is 0. The van der Waals surface area contributed by atoms with E-state index in [1.165, 1.54) is 18.2 Å². The van der Waals surface area contributed by atoms with Gasteiger partial charge in [-0.3, -0.25) is 0 Å². The topological polar surface area (TPSA) is 47.9 Å². The van der Waals surface area contributed by atoms with Crippen molar-refractivity contribution in [3.8, 4) is 5.75 Å². The Kier molecular flexibility index (Phi) is 5.92. The molecule has 0 spiro atoms. The fourth-order valence-corrected chi connectivity index (χ4v) is 3.76. The third-order valence-corrected chi connectivity index (χ3v) is 4.66. The smallest absolute Gasteiger partial charge is 0.363 e. The lowest BCUT2D eigenvalue weighted by Gasteiger charge is -2.11. The van der Waals surface area contributed by atoms with Gasteiger partial charge in [0.25, 0.3) is 0 Å². The molecule has 0 saturated carbocycles. The number of rotatable bonds is 5. The number of cyclic esters (lactones) is 1. The van der Waals surface area contributed by atoms with Crippen molar-refractivity contribution in [1.29, 1.82) is 0 Å². The molecule has 1 aliphatic rings. The van der Waals surface area contributed by atoms with Crippen LogP contribution in [0, 0.1) is 5.82 Å². The third-order valence-electron chi connectivity index (χ3n) is 3.48. The number of nitrogens with zero attached hydrogens (tertiary/aromatic N) is 1. The molecule has 0 atom stereocenters. The van der Waals surface area contributed by atoms with Gasteiger partial charge in [-0.2, -0.15) is 0 Å². The summed E-state index contributed by atoms with van der Waals surface area (Å²) < 4.78 is 25.6. The molecular weight excluding hydrogens is 481 g/mol. The van der Waals surface area contributed by atoms with Crippen molar-refractivity contribution in [2.45, 2.75) is 6.92 Å². The van der Waals surface area contributed by atoms with Crippen LogP contribution in [-0.4, -0.2) is 18.5 Å². The molecule has 1 aliphatic heterocycles. The monoisotopic (exact) mass is 493 g/mol. The third kappa shape index (κ3) is 4.73. The number of esters is 1. The van der Waals surface area contributed by atoms with E-state index in [-0.39, 0.29) is 11.6 Å². The summed E-state index contributed by atoms with van der Waals surface area (Å²) in [6.07, 6.45) is 1.59. The SMILES string of the molecule is C=C(C)COc1c(Br)cc(/C=C2\N=C(c3cccc(F)c3)OC2=O)cc1Br. The van der Waals surface area contributed by atoms with E-state index in [1.54, 1.807) is 24.3 Å². The van der Waals surface area contributed by atoms with Gasteiger partial charge in [-0.15, -0.1) is 0 Å². The van der Waals surface area contributed by atoms with Gasteiger partial charge in [-0.1, -0.05) is 12.6 Å². The van der Waals surface area contributed by atoms with Gasteiger partial charge in [0.1, 0.15) is 18.2 Å². The van der Waals surface area contributed by atoms with Gasteiger partial charge in [0.2, 0.25) is 5.90 Å². The molecule has 0 aromatic heterocycles. The fourth-order valence-electron chi connectivity index (χ4n) is 2.31. The number of carbonyl (C=O) groups excluding carboxylic acids is 1. The highest BCUT2D eigenvalue weighted by molar-refractivity contribution is 9.11. The quantitative estimate of drug-likeness (QED) is 0.306. The molecule has 4 nitrogen and oxygen atoms in total. The van der Waals surface area contributed by atoms with Crippen LogP contribution in [0.1, 0.15) is 18.1 Å². The molecule has 2 aromatic rings. The van der Waals surface area contributed by atoms with Crippen LogP contribution in [0.5, 0.6) is 5.75 Å². The minimum absolute atomic E-state index is 0.0743. The van der Waals surface area contributed by atoms with Crippen LogP contribution >= 0.6 is 31.9 Å². The number of ether oxygens (including phenoxy) is 2. The van der Waals surface area contributed by atoms with Crippen LogP contribution in [0.15, 0.2) is 68.2 Å². The van der Waals surface area contributed by atoms with E-state index < -0.39 is 11.8 Å². The Hall–Kier alpha value is -2.25. The maximum Gasteiger partial charge on any atom is 0.363 e. The Balaban J connectivity index is 1.90. The summed E-state index contributed by atoms with van der Waals surface area (Å²) in [5.41, 5.74) is 2.14. The molecule has 0 unspecified atom stereocenters. The van der Waals surface area contributed by atoms with Crippen LogP contribution in [-0.2, 0) is 9.53 Å². The standard InChI is InChI=1S/C20H14Br2FNO3/c1-11(2)10-26-18-15(21)6-12(7-16(18)22)8-17-20(25)27-19(24-17)13-4-3-5-14(23)9-13/h3-9H,1,10H2,2H3/b17-8-. The minimum Gasteiger partial charge on any atom is -0.487 e. The maximum atomic E-state index is 13.4. The van der Waals surface area contributed by atoms with Gasteiger partial charge in [0, 0.05) is 5.56 Å². The van der Waals surface area contributed by atoms with E-state index >= 15 is 0 Å². The summed E-state index contributed by atoms with van der Waals surface area (Å²) in [7, 11) is 0. The van der Waals surface area contributed by atoms with Crippen LogP contribution in [0.3, 0.4) is 0 Å². The molecular formula is C20H14Br2FNO3. The lowest BCUT2D eigenvalue weighted by atomic mass is 10.2. The van der Waals surface area contributed by atoms with Crippen molar-refractivity contribution >= 4 is 49.8 Å². The van der Waals surface area contributed by atoms with E-state index in [2.05, 4.69) is 43.4 Å². The molecule has 0 radical (unpaired) electrons. The average molecular weight is 495 g/mol. The Bertz CT molecular complexity index is 975. The van der Waals surface area contributed by atoms with Gasteiger partial charge in [0.05, 0.1) is 8.95 Å². The average Bonchev–Trinajstić information content (AvgIpc) is 2.94. The fraction of sp³-hybridized carbons (Fsp3) is 0.100. The van der Waals surface area contributed by atoms with Gasteiger partial charge < -0.3 is 9.47 Å². The zero-order valence-corrected chi connectivity index (χ0v) is 17.4. The predicted molar refractivity (Wildman–Crippen MR) is 109 cm³/mol. The lowest BCUT2D eigenvalue weighted by Crippen LogP contribution is -2.05. The van der Waals surface area contributed by atoms with Crippen molar-refractivity contribution in [2.75, 3.05) is 6.61 Å². The van der Waals surface area contributed by atoms with Crippen LogP contribution in [0.4, 0.5) is 4.39 Å². The predicted octanol–water partition coefficient (Wildman–Crippen LogP) is 5.65. The van der Waals surface area contributed by atoms with Crippen LogP contribution in [0.25, 0.3) is 6.08 Å². The zero-order chi connectivity index (χ0) is 19.6. The Morgan fingerprint density at radius 3 is 2.63 bits per heavy atom. The van der Waals surface area contributed by atoms with E-state index in [0.717, 1.165) is 5.57 Å². The molecule has 27 heavy (non-hydrogen) atoms. The van der Waals surface area contributed by atoms with E-state index in [1.807, 2.05) is 6.92 Å². The van der Waals surface area contributed by atoms with Gasteiger partial charge >= 0.3 is 5.97 Å². The van der Waals surface area contributed by atoms with Crippen molar-refractivity contribution < 1.29 is 18.7 Å².